The maximum atomic E-state index is 11.7. The highest BCUT2D eigenvalue weighted by atomic mass is 32.2. The predicted molar refractivity (Wildman–Crippen MR) is 87.8 cm³/mol. The highest BCUT2D eigenvalue weighted by Gasteiger charge is 2.15. The van der Waals surface area contributed by atoms with Crippen LogP contribution in [-0.4, -0.2) is 21.8 Å². The molecule has 0 bridgehead atoms. The van der Waals surface area contributed by atoms with Crippen molar-refractivity contribution in [3.8, 4) is 0 Å². The van der Waals surface area contributed by atoms with Gasteiger partial charge < -0.3 is 5.32 Å². The number of rotatable bonds is 4. The molecule has 112 valence electrons. The van der Waals surface area contributed by atoms with Gasteiger partial charge >= 0.3 is 6.03 Å². The van der Waals surface area contributed by atoms with Gasteiger partial charge in [0, 0.05) is 11.3 Å². The van der Waals surface area contributed by atoms with Gasteiger partial charge in [-0.25, -0.2) is 4.79 Å². The molecule has 0 unspecified atom stereocenters. The van der Waals surface area contributed by atoms with Crippen LogP contribution in [0, 0.1) is 0 Å². The number of hydrogen-bond acceptors (Lipinski definition) is 5. The van der Waals surface area contributed by atoms with Crippen LogP contribution in [0.5, 0.6) is 0 Å². The van der Waals surface area contributed by atoms with E-state index in [1.807, 2.05) is 39.0 Å². The Hall–Kier alpha value is -1.60. The summed E-state index contributed by atoms with van der Waals surface area (Å²) in [5.41, 5.74) is 0.956. The van der Waals surface area contributed by atoms with Crippen molar-refractivity contribution in [3.63, 3.8) is 0 Å². The number of anilines is 1. The van der Waals surface area contributed by atoms with Crippen LogP contribution < -0.4 is 10.6 Å². The quantitative estimate of drug-likeness (QED) is 0.664. The summed E-state index contributed by atoms with van der Waals surface area (Å²) in [6.07, 6.45) is 0. The normalized spacial score (nSPS) is 11.2. The molecule has 0 aliphatic rings. The number of thioether (sulfide) groups is 1. The molecule has 5 nitrogen and oxygen atoms in total. The Morgan fingerprint density at radius 1 is 1.24 bits per heavy atom. The summed E-state index contributed by atoms with van der Waals surface area (Å²) in [5, 5.41) is 14.1. The standard InChI is InChI=1S/C14H18N4OS2/c1-14(2,3)16-11(19)15-12-17-18-13(21-12)20-9-10-7-5-4-6-8-10/h4-8H,9H2,1-3H3,(H2,15,16,17,19). The molecule has 0 radical (unpaired) electrons. The van der Waals surface area contributed by atoms with Crippen molar-refractivity contribution >= 4 is 34.3 Å². The number of carbonyl (C=O) groups is 1. The van der Waals surface area contributed by atoms with E-state index in [1.165, 1.54) is 16.9 Å². The summed E-state index contributed by atoms with van der Waals surface area (Å²) >= 11 is 2.98. The second-order valence-electron chi connectivity index (χ2n) is 5.48. The molecular weight excluding hydrogens is 304 g/mol. The van der Waals surface area contributed by atoms with Crippen LogP contribution in [0.15, 0.2) is 34.7 Å². The minimum atomic E-state index is -0.278. The summed E-state index contributed by atoms with van der Waals surface area (Å²) in [5.74, 6) is 0.837. The van der Waals surface area contributed by atoms with Gasteiger partial charge in [0.05, 0.1) is 0 Å². The third kappa shape index (κ3) is 5.73. The van der Waals surface area contributed by atoms with Crippen molar-refractivity contribution in [2.75, 3.05) is 5.32 Å². The fraction of sp³-hybridized carbons (Fsp3) is 0.357. The van der Waals surface area contributed by atoms with E-state index in [4.69, 9.17) is 0 Å². The van der Waals surface area contributed by atoms with E-state index in [0.717, 1.165) is 10.1 Å². The van der Waals surface area contributed by atoms with Gasteiger partial charge in [0.25, 0.3) is 0 Å². The van der Waals surface area contributed by atoms with E-state index in [1.54, 1.807) is 11.8 Å². The third-order valence-electron chi connectivity index (χ3n) is 2.32. The van der Waals surface area contributed by atoms with Crippen molar-refractivity contribution in [2.45, 2.75) is 36.4 Å². The first-order valence-corrected chi connectivity index (χ1v) is 8.32. The van der Waals surface area contributed by atoms with Gasteiger partial charge in [-0.2, -0.15) is 0 Å². The number of amides is 2. The van der Waals surface area contributed by atoms with Gasteiger partial charge in [0.15, 0.2) is 4.34 Å². The molecule has 1 aromatic carbocycles. The van der Waals surface area contributed by atoms with Crippen LogP contribution in [0.3, 0.4) is 0 Å². The number of urea groups is 1. The Labute approximate surface area is 132 Å². The third-order valence-corrected chi connectivity index (χ3v) is 4.36. The van der Waals surface area contributed by atoms with E-state index >= 15 is 0 Å². The maximum absolute atomic E-state index is 11.7. The molecule has 1 aromatic heterocycles. The molecule has 0 atom stereocenters. The molecule has 0 saturated carbocycles. The van der Waals surface area contributed by atoms with Gasteiger partial charge in [-0.1, -0.05) is 53.4 Å². The van der Waals surface area contributed by atoms with E-state index in [0.29, 0.717) is 5.13 Å². The Kier molecular flexibility index (Phi) is 5.19. The van der Waals surface area contributed by atoms with Gasteiger partial charge in [-0.05, 0) is 26.3 Å². The van der Waals surface area contributed by atoms with E-state index in [2.05, 4.69) is 33.0 Å². The molecule has 2 rings (SSSR count). The number of nitrogens with zero attached hydrogens (tertiary/aromatic N) is 2. The lowest BCUT2D eigenvalue weighted by Gasteiger charge is -2.19. The van der Waals surface area contributed by atoms with E-state index in [-0.39, 0.29) is 11.6 Å². The maximum Gasteiger partial charge on any atom is 0.321 e. The van der Waals surface area contributed by atoms with Gasteiger partial charge in [-0.15, -0.1) is 10.2 Å². The fourth-order valence-electron chi connectivity index (χ4n) is 1.51. The first-order valence-electron chi connectivity index (χ1n) is 6.52. The van der Waals surface area contributed by atoms with Crippen LogP contribution in [-0.2, 0) is 5.75 Å². The molecule has 0 aliphatic heterocycles. The summed E-state index contributed by atoms with van der Waals surface area (Å²) in [6, 6.07) is 9.90. The molecule has 0 spiro atoms. The molecule has 0 aliphatic carbocycles. The Morgan fingerprint density at radius 3 is 2.62 bits per heavy atom. The molecular formula is C14H18N4OS2. The number of nitrogens with one attached hydrogen (secondary N) is 2. The first kappa shape index (κ1) is 15.8. The smallest absolute Gasteiger partial charge is 0.321 e. The SMILES string of the molecule is CC(C)(C)NC(=O)Nc1nnc(SCc2ccccc2)s1. The van der Waals surface area contributed by atoms with E-state index in [9.17, 15) is 4.79 Å². The van der Waals surface area contributed by atoms with Crippen LogP contribution in [0.4, 0.5) is 9.93 Å². The molecule has 2 aromatic rings. The zero-order valence-corrected chi connectivity index (χ0v) is 13.8. The number of carbonyl (C=O) groups excluding carboxylic acids is 1. The lowest BCUT2D eigenvalue weighted by atomic mass is 10.1. The van der Waals surface area contributed by atoms with Crippen LogP contribution in [0.25, 0.3) is 0 Å². The highest BCUT2D eigenvalue weighted by Crippen LogP contribution is 2.28. The fourth-order valence-corrected chi connectivity index (χ4v) is 3.21. The zero-order chi connectivity index (χ0) is 15.3. The first-order chi connectivity index (χ1) is 9.92. The summed E-state index contributed by atoms with van der Waals surface area (Å²) in [7, 11) is 0. The average Bonchev–Trinajstić information content (AvgIpc) is 2.83. The molecule has 7 heteroatoms. The van der Waals surface area contributed by atoms with Crippen molar-refractivity contribution in [1.29, 1.82) is 0 Å². The topological polar surface area (TPSA) is 66.9 Å². The summed E-state index contributed by atoms with van der Waals surface area (Å²) in [6.45, 7) is 5.77. The lowest BCUT2D eigenvalue weighted by Crippen LogP contribution is -2.43. The second kappa shape index (κ2) is 6.91. The minimum absolute atomic E-state index is 0.266. The largest absolute Gasteiger partial charge is 0.333 e. The van der Waals surface area contributed by atoms with Crippen molar-refractivity contribution < 1.29 is 4.79 Å². The second-order valence-corrected chi connectivity index (χ2v) is 7.68. The molecule has 0 saturated heterocycles. The van der Waals surface area contributed by atoms with Gasteiger partial charge in [0.1, 0.15) is 0 Å². The van der Waals surface area contributed by atoms with Crippen LogP contribution in [0.2, 0.25) is 0 Å². The lowest BCUT2D eigenvalue weighted by molar-refractivity contribution is 0.244. The molecule has 2 N–H and O–H groups in total. The van der Waals surface area contributed by atoms with Crippen molar-refractivity contribution in [1.82, 2.24) is 15.5 Å². The zero-order valence-electron chi connectivity index (χ0n) is 12.2. The van der Waals surface area contributed by atoms with Crippen molar-refractivity contribution in [2.24, 2.45) is 0 Å². The summed E-state index contributed by atoms with van der Waals surface area (Å²) < 4.78 is 0.838. The Balaban J connectivity index is 1.85. The molecule has 21 heavy (non-hydrogen) atoms. The van der Waals surface area contributed by atoms with E-state index < -0.39 is 0 Å². The number of aromatic nitrogens is 2. The highest BCUT2D eigenvalue weighted by molar-refractivity contribution is 8.00. The van der Waals surface area contributed by atoms with Gasteiger partial charge in [-0.3, -0.25) is 5.32 Å². The number of benzene rings is 1. The Morgan fingerprint density at radius 2 is 1.95 bits per heavy atom. The molecule has 1 heterocycles. The minimum Gasteiger partial charge on any atom is -0.333 e. The summed E-state index contributed by atoms with van der Waals surface area (Å²) in [4.78, 5) is 11.7. The van der Waals surface area contributed by atoms with Gasteiger partial charge in [0.2, 0.25) is 5.13 Å². The number of hydrogen-bond donors (Lipinski definition) is 2. The van der Waals surface area contributed by atoms with Crippen LogP contribution >= 0.6 is 23.1 Å². The van der Waals surface area contributed by atoms with Crippen molar-refractivity contribution in [3.05, 3.63) is 35.9 Å². The molecule has 0 fully saturated rings. The average molecular weight is 322 g/mol. The molecule has 2 amide bonds. The Bertz CT molecular complexity index is 593. The predicted octanol–water partition coefficient (Wildman–Crippen LogP) is 3.75. The van der Waals surface area contributed by atoms with Crippen LogP contribution in [0.1, 0.15) is 26.3 Å². The monoisotopic (exact) mass is 322 g/mol.